The Morgan fingerprint density at radius 2 is 1.96 bits per heavy atom. The molecule has 6 heteroatoms. The van der Waals surface area contributed by atoms with Gasteiger partial charge in [0.2, 0.25) is 11.8 Å². The number of rotatable bonds is 7. The van der Waals surface area contributed by atoms with Crippen LogP contribution < -0.4 is 14.8 Å². The van der Waals surface area contributed by atoms with E-state index in [1.807, 2.05) is 49.4 Å². The molecule has 2 amide bonds. The smallest absolute Gasteiger partial charge is 0.247 e. The Hall–Kier alpha value is -3.02. The molecule has 2 aromatic rings. The molecule has 2 aromatic carbocycles. The van der Waals surface area contributed by atoms with E-state index in [-0.39, 0.29) is 18.4 Å². The van der Waals surface area contributed by atoms with Crippen molar-refractivity contribution in [2.24, 2.45) is 0 Å². The van der Waals surface area contributed by atoms with E-state index in [1.165, 1.54) is 0 Å². The van der Waals surface area contributed by atoms with Gasteiger partial charge in [-0.05, 0) is 35.7 Å². The lowest BCUT2D eigenvalue weighted by molar-refractivity contribution is -0.141. The summed E-state index contributed by atoms with van der Waals surface area (Å²) in [6.45, 7) is 2.84. The number of methoxy groups -OCH3 is 2. The molecule has 3 rings (SSSR count). The number of nitrogens with one attached hydrogen (secondary N) is 1. The quantitative estimate of drug-likeness (QED) is 0.800. The molecule has 1 aliphatic rings. The van der Waals surface area contributed by atoms with E-state index in [9.17, 15) is 9.59 Å². The van der Waals surface area contributed by atoms with Crippen molar-refractivity contribution in [3.8, 4) is 11.5 Å². The molecule has 148 valence electrons. The molecule has 6 nitrogen and oxygen atoms in total. The Labute approximate surface area is 165 Å². The van der Waals surface area contributed by atoms with Crippen LogP contribution in [-0.2, 0) is 22.6 Å². The van der Waals surface area contributed by atoms with Crippen LogP contribution in [0.1, 0.15) is 36.1 Å². The lowest BCUT2D eigenvalue weighted by Gasteiger charge is -2.36. The minimum Gasteiger partial charge on any atom is -0.497 e. The van der Waals surface area contributed by atoms with Crippen molar-refractivity contribution in [3.05, 3.63) is 59.2 Å². The zero-order chi connectivity index (χ0) is 20.1. The van der Waals surface area contributed by atoms with Gasteiger partial charge < -0.3 is 19.7 Å². The maximum absolute atomic E-state index is 13.1. The molecule has 28 heavy (non-hydrogen) atoms. The van der Waals surface area contributed by atoms with Crippen LogP contribution in [0.15, 0.2) is 42.5 Å². The maximum Gasteiger partial charge on any atom is 0.247 e. The molecule has 0 aliphatic carbocycles. The molecule has 1 N–H and O–H groups in total. The molecule has 1 unspecified atom stereocenters. The SMILES string of the molecule is CCCN1C(=O)Cc2ccccc2C1C(=O)NCc1cc(OC)ccc1OC. The van der Waals surface area contributed by atoms with Gasteiger partial charge in [0.25, 0.3) is 0 Å². The molecule has 0 aromatic heterocycles. The Kier molecular flexibility index (Phi) is 6.19. The summed E-state index contributed by atoms with van der Waals surface area (Å²) in [5.74, 6) is 1.15. The van der Waals surface area contributed by atoms with Gasteiger partial charge in [0.1, 0.15) is 17.5 Å². The fourth-order valence-electron chi connectivity index (χ4n) is 3.61. The van der Waals surface area contributed by atoms with Crippen molar-refractivity contribution in [1.82, 2.24) is 10.2 Å². The van der Waals surface area contributed by atoms with Crippen molar-refractivity contribution in [3.63, 3.8) is 0 Å². The minimum absolute atomic E-state index is 0.0142. The van der Waals surface area contributed by atoms with Gasteiger partial charge in [-0.2, -0.15) is 0 Å². The molecule has 1 aliphatic heterocycles. The number of amides is 2. The maximum atomic E-state index is 13.1. The van der Waals surface area contributed by atoms with Crippen LogP contribution in [0.25, 0.3) is 0 Å². The highest BCUT2D eigenvalue weighted by Gasteiger charge is 2.36. The third-order valence-corrected chi connectivity index (χ3v) is 4.98. The van der Waals surface area contributed by atoms with Crippen LogP contribution in [0.2, 0.25) is 0 Å². The van der Waals surface area contributed by atoms with Gasteiger partial charge in [-0.3, -0.25) is 9.59 Å². The average Bonchev–Trinajstić information content (AvgIpc) is 2.72. The van der Waals surface area contributed by atoms with Crippen molar-refractivity contribution >= 4 is 11.8 Å². The summed E-state index contributed by atoms with van der Waals surface area (Å²) in [5.41, 5.74) is 2.62. The summed E-state index contributed by atoms with van der Waals surface area (Å²) in [6.07, 6.45) is 1.13. The van der Waals surface area contributed by atoms with E-state index in [2.05, 4.69) is 5.32 Å². The number of fused-ring (bicyclic) bond motifs is 1. The highest BCUT2D eigenvalue weighted by Crippen LogP contribution is 2.31. The van der Waals surface area contributed by atoms with E-state index >= 15 is 0 Å². The average molecular weight is 382 g/mol. The Morgan fingerprint density at radius 3 is 2.68 bits per heavy atom. The molecule has 0 fully saturated rings. The van der Waals surface area contributed by atoms with E-state index < -0.39 is 6.04 Å². The Morgan fingerprint density at radius 1 is 1.18 bits per heavy atom. The topological polar surface area (TPSA) is 67.9 Å². The molecule has 0 radical (unpaired) electrons. The van der Waals surface area contributed by atoms with Crippen LogP contribution >= 0.6 is 0 Å². The summed E-state index contributed by atoms with van der Waals surface area (Å²) >= 11 is 0. The fourth-order valence-corrected chi connectivity index (χ4v) is 3.61. The first-order valence-electron chi connectivity index (χ1n) is 9.45. The van der Waals surface area contributed by atoms with Crippen molar-refractivity contribution in [1.29, 1.82) is 0 Å². The van der Waals surface area contributed by atoms with Crippen LogP contribution in [0.4, 0.5) is 0 Å². The Bertz CT molecular complexity index is 865. The van der Waals surface area contributed by atoms with E-state index in [0.29, 0.717) is 24.5 Å². The second kappa shape index (κ2) is 8.78. The standard InChI is InChI=1S/C22H26N2O4/c1-4-11-24-20(25)13-15-7-5-6-8-18(15)21(24)22(26)23-14-16-12-17(27-2)9-10-19(16)28-3/h5-10,12,21H,4,11,13-14H2,1-3H3,(H,23,26). The predicted molar refractivity (Wildman–Crippen MR) is 106 cm³/mol. The molecule has 0 saturated carbocycles. The lowest BCUT2D eigenvalue weighted by atomic mass is 9.91. The molecular weight excluding hydrogens is 356 g/mol. The first-order chi connectivity index (χ1) is 13.6. The molecule has 1 heterocycles. The largest absolute Gasteiger partial charge is 0.497 e. The van der Waals surface area contributed by atoms with Gasteiger partial charge >= 0.3 is 0 Å². The first-order valence-corrected chi connectivity index (χ1v) is 9.45. The van der Waals surface area contributed by atoms with Gasteiger partial charge in [-0.15, -0.1) is 0 Å². The predicted octanol–water partition coefficient (Wildman–Crippen LogP) is 2.86. The fraction of sp³-hybridized carbons (Fsp3) is 0.364. The van der Waals surface area contributed by atoms with Crippen molar-refractivity contribution < 1.29 is 19.1 Å². The lowest BCUT2D eigenvalue weighted by Crippen LogP contribution is -2.47. The number of ether oxygens (including phenoxy) is 2. The molecule has 0 spiro atoms. The number of carbonyl (C=O) groups excluding carboxylic acids is 2. The highest BCUT2D eigenvalue weighted by molar-refractivity contribution is 5.92. The number of nitrogens with zero attached hydrogens (tertiary/aromatic N) is 1. The van der Waals surface area contributed by atoms with E-state index in [4.69, 9.17) is 9.47 Å². The van der Waals surface area contributed by atoms with Crippen LogP contribution in [0.3, 0.4) is 0 Å². The number of hydrogen-bond donors (Lipinski definition) is 1. The number of hydrogen-bond acceptors (Lipinski definition) is 4. The number of carbonyl (C=O) groups is 2. The number of benzene rings is 2. The van der Waals surface area contributed by atoms with Crippen molar-refractivity contribution in [2.75, 3.05) is 20.8 Å². The molecule has 1 atom stereocenters. The second-order valence-electron chi connectivity index (χ2n) is 6.76. The molecule has 0 bridgehead atoms. The first kappa shape index (κ1) is 19.7. The van der Waals surface area contributed by atoms with Gasteiger partial charge in [0.05, 0.1) is 20.6 Å². The monoisotopic (exact) mass is 382 g/mol. The Balaban J connectivity index is 1.85. The van der Waals surface area contributed by atoms with Crippen LogP contribution in [0.5, 0.6) is 11.5 Å². The second-order valence-corrected chi connectivity index (χ2v) is 6.76. The summed E-state index contributed by atoms with van der Waals surface area (Å²) in [5, 5.41) is 2.98. The minimum atomic E-state index is -0.617. The van der Waals surface area contributed by atoms with E-state index in [0.717, 1.165) is 23.1 Å². The zero-order valence-electron chi connectivity index (χ0n) is 16.5. The molecule has 0 saturated heterocycles. The normalized spacial score (nSPS) is 15.8. The zero-order valence-corrected chi connectivity index (χ0v) is 16.5. The van der Waals surface area contributed by atoms with Crippen LogP contribution in [0, 0.1) is 0 Å². The van der Waals surface area contributed by atoms with E-state index in [1.54, 1.807) is 19.1 Å². The van der Waals surface area contributed by atoms with Crippen LogP contribution in [-0.4, -0.2) is 37.5 Å². The van der Waals surface area contributed by atoms with Gasteiger partial charge in [0, 0.05) is 18.7 Å². The summed E-state index contributed by atoms with van der Waals surface area (Å²) in [7, 11) is 3.18. The summed E-state index contributed by atoms with van der Waals surface area (Å²) < 4.78 is 10.7. The summed E-state index contributed by atoms with van der Waals surface area (Å²) in [4.78, 5) is 27.5. The van der Waals surface area contributed by atoms with Crippen molar-refractivity contribution in [2.45, 2.75) is 32.4 Å². The third-order valence-electron chi connectivity index (χ3n) is 4.98. The van der Waals surface area contributed by atoms with Gasteiger partial charge in [-0.25, -0.2) is 0 Å². The summed E-state index contributed by atoms with van der Waals surface area (Å²) in [6, 6.07) is 12.5. The van der Waals surface area contributed by atoms with Gasteiger partial charge in [0.15, 0.2) is 0 Å². The molecular formula is C22H26N2O4. The van der Waals surface area contributed by atoms with Gasteiger partial charge in [-0.1, -0.05) is 31.2 Å². The third kappa shape index (κ3) is 3.96. The highest BCUT2D eigenvalue weighted by atomic mass is 16.5.